The van der Waals surface area contributed by atoms with Gasteiger partial charge in [-0.05, 0) is 23.6 Å². The van der Waals surface area contributed by atoms with Crippen LogP contribution in [0.25, 0.3) is 10.9 Å². The Balaban J connectivity index is 1.95. The fourth-order valence-electron chi connectivity index (χ4n) is 2.31. The highest BCUT2D eigenvalue weighted by Gasteiger charge is 2.10. The molecule has 0 bridgehead atoms. The van der Waals surface area contributed by atoms with Crippen molar-refractivity contribution in [2.45, 2.75) is 13.2 Å². The van der Waals surface area contributed by atoms with Gasteiger partial charge in [-0.15, -0.1) is 0 Å². The SMILES string of the molecule is FC(F)Oc1ccccc1Cn1ccc2ccccc21. The van der Waals surface area contributed by atoms with Crippen LogP contribution in [0.2, 0.25) is 0 Å². The zero-order valence-corrected chi connectivity index (χ0v) is 10.7. The van der Waals surface area contributed by atoms with Crippen molar-refractivity contribution in [2.75, 3.05) is 0 Å². The van der Waals surface area contributed by atoms with Crippen LogP contribution >= 0.6 is 0 Å². The third-order valence-electron chi connectivity index (χ3n) is 3.21. The third-order valence-corrected chi connectivity index (χ3v) is 3.21. The summed E-state index contributed by atoms with van der Waals surface area (Å²) in [5.41, 5.74) is 1.80. The van der Waals surface area contributed by atoms with E-state index in [1.165, 1.54) is 0 Å². The Bertz CT molecular complexity index is 721. The number of alkyl halides is 2. The molecule has 2 aromatic carbocycles. The average molecular weight is 273 g/mol. The molecule has 0 atom stereocenters. The van der Waals surface area contributed by atoms with E-state index in [0.717, 1.165) is 16.5 Å². The van der Waals surface area contributed by atoms with E-state index in [1.807, 2.05) is 47.2 Å². The fourth-order valence-corrected chi connectivity index (χ4v) is 2.31. The quantitative estimate of drug-likeness (QED) is 0.691. The van der Waals surface area contributed by atoms with Crippen molar-refractivity contribution >= 4 is 10.9 Å². The van der Waals surface area contributed by atoms with Gasteiger partial charge >= 0.3 is 6.61 Å². The number of halogens is 2. The second kappa shape index (κ2) is 5.33. The molecule has 0 amide bonds. The summed E-state index contributed by atoms with van der Waals surface area (Å²) < 4.78 is 31.4. The Kier molecular flexibility index (Phi) is 3.37. The van der Waals surface area contributed by atoms with E-state index in [9.17, 15) is 8.78 Å². The summed E-state index contributed by atoms with van der Waals surface area (Å²) in [5.74, 6) is 0.222. The Morgan fingerprint density at radius 2 is 1.70 bits per heavy atom. The molecule has 3 rings (SSSR count). The first kappa shape index (κ1) is 12.7. The van der Waals surface area contributed by atoms with Crippen molar-refractivity contribution in [3.05, 3.63) is 66.4 Å². The van der Waals surface area contributed by atoms with Crippen LogP contribution in [0, 0.1) is 0 Å². The normalized spacial score (nSPS) is 11.2. The highest BCUT2D eigenvalue weighted by molar-refractivity contribution is 5.80. The molecule has 0 aliphatic carbocycles. The fraction of sp³-hybridized carbons (Fsp3) is 0.125. The number of hydrogen-bond donors (Lipinski definition) is 0. The first-order chi connectivity index (χ1) is 9.74. The van der Waals surface area contributed by atoms with E-state index < -0.39 is 6.61 Å². The van der Waals surface area contributed by atoms with Gasteiger partial charge in [-0.25, -0.2) is 0 Å². The average Bonchev–Trinajstić information content (AvgIpc) is 2.84. The van der Waals surface area contributed by atoms with Crippen LogP contribution in [-0.2, 0) is 6.54 Å². The van der Waals surface area contributed by atoms with Crippen molar-refractivity contribution in [1.82, 2.24) is 4.57 Å². The van der Waals surface area contributed by atoms with Gasteiger partial charge in [-0.2, -0.15) is 8.78 Å². The van der Waals surface area contributed by atoms with Crippen LogP contribution in [0.4, 0.5) is 8.78 Å². The van der Waals surface area contributed by atoms with Gasteiger partial charge in [0.05, 0.1) is 6.54 Å². The number of hydrogen-bond acceptors (Lipinski definition) is 1. The molecule has 102 valence electrons. The molecule has 20 heavy (non-hydrogen) atoms. The molecule has 0 N–H and O–H groups in total. The number of para-hydroxylation sites is 2. The summed E-state index contributed by atoms with van der Waals surface area (Å²) in [6.45, 7) is -2.31. The molecule has 0 radical (unpaired) electrons. The smallest absolute Gasteiger partial charge is 0.387 e. The van der Waals surface area contributed by atoms with Crippen LogP contribution in [0.5, 0.6) is 5.75 Å². The van der Waals surface area contributed by atoms with E-state index in [-0.39, 0.29) is 5.75 Å². The van der Waals surface area contributed by atoms with Crippen LogP contribution in [0.15, 0.2) is 60.8 Å². The van der Waals surface area contributed by atoms with Crippen molar-refractivity contribution in [3.63, 3.8) is 0 Å². The van der Waals surface area contributed by atoms with Crippen molar-refractivity contribution in [2.24, 2.45) is 0 Å². The summed E-state index contributed by atoms with van der Waals surface area (Å²) in [4.78, 5) is 0. The first-order valence-corrected chi connectivity index (χ1v) is 6.30. The van der Waals surface area contributed by atoms with Gasteiger partial charge in [0.2, 0.25) is 0 Å². The number of ether oxygens (including phenoxy) is 1. The Morgan fingerprint density at radius 3 is 2.55 bits per heavy atom. The maximum Gasteiger partial charge on any atom is 0.387 e. The first-order valence-electron chi connectivity index (χ1n) is 6.30. The van der Waals surface area contributed by atoms with E-state index in [0.29, 0.717) is 6.54 Å². The number of rotatable bonds is 4. The molecule has 4 heteroatoms. The number of nitrogens with zero attached hydrogens (tertiary/aromatic N) is 1. The summed E-state index contributed by atoms with van der Waals surface area (Å²) in [5, 5.41) is 1.12. The topological polar surface area (TPSA) is 14.2 Å². The van der Waals surface area contributed by atoms with Crippen molar-refractivity contribution in [1.29, 1.82) is 0 Å². The highest BCUT2D eigenvalue weighted by atomic mass is 19.3. The van der Waals surface area contributed by atoms with E-state index in [1.54, 1.807) is 18.2 Å². The van der Waals surface area contributed by atoms with Gasteiger partial charge in [0.15, 0.2) is 0 Å². The minimum absolute atomic E-state index is 0.222. The van der Waals surface area contributed by atoms with Crippen LogP contribution in [-0.4, -0.2) is 11.2 Å². The van der Waals surface area contributed by atoms with E-state index >= 15 is 0 Å². The van der Waals surface area contributed by atoms with Gasteiger partial charge in [0.1, 0.15) is 5.75 Å². The predicted octanol–water partition coefficient (Wildman–Crippen LogP) is 4.29. The Hall–Kier alpha value is -2.36. The molecule has 0 saturated heterocycles. The van der Waals surface area contributed by atoms with Gasteiger partial charge in [-0.1, -0.05) is 36.4 Å². The molecule has 0 spiro atoms. The lowest BCUT2D eigenvalue weighted by Crippen LogP contribution is -2.06. The zero-order chi connectivity index (χ0) is 13.9. The lowest BCUT2D eigenvalue weighted by molar-refractivity contribution is -0.0504. The standard InChI is InChI=1S/C16H13F2NO/c17-16(18)20-15-8-4-2-6-13(15)11-19-10-9-12-5-1-3-7-14(12)19/h1-10,16H,11H2. The summed E-state index contributed by atoms with van der Waals surface area (Å²) in [7, 11) is 0. The minimum Gasteiger partial charge on any atom is -0.434 e. The molecule has 0 fully saturated rings. The lowest BCUT2D eigenvalue weighted by Gasteiger charge is -2.12. The molecule has 3 aromatic rings. The molecule has 1 heterocycles. The molecule has 0 aliphatic heterocycles. The third kappa shape index (κ3) is 2.50. The lowest BCUT2D eigenvalue weighted by atomic mass is 10.2. The second-order valence-electron chi connectivity index (χ2n) is 4.49. The van der Waals surface area contributed by atoms with Crippen LogP contribution < -0.4 is 4.74 Å². The van der Waals surface area contributed by atoms with Crippen LogP contribution in [0.1, 0.15) is 5.56 Å². The molecular weight excluding hydrogens is 260 g/mol. The predicted molar refractivity (Wildman–Crippen MR) is 74.1 cm³/mol. The molecule has 0 saturated carbocycles. The second-order valence-corrected chi connectivity index (χ2v) is 4.49. The minimum atomic E-state index is -2.81. The van der Waals surface area contributed by atoms with Gasteiger partial charge in [0.25, 0.3) is 0 Å². The summed E-state index contributed by atoms with van der Waals surface area (Å²) in [6, 6.07) is 16.8. The molecule has 0 aliphatic rings. The van der Waals surface area contributed by atoms with E-state index in [4.69, 9.17) is 0 Å². The van der Waals surface area contributed by atoms with Gasteiger partial charge in [0, 0.05) is 17.3 Å². The maximum atomic E-state index is 12.4. The Morgan fingerprint density at radius 1 is 0.950 bits per heavy atom. The monoisotopic (exact) mass is 273 g/mol. The molecule has 2 nitrogen and oxygen atoms in total. The number of benzene rings is 2. The van der Waals surface area contributed by atoms with Crippen molar-refractivity contribution < 1.29 is 13.5 Å². The summed E-state index contributed by atoms with van der Waals surface area (Å²) >= 11 is 0. The molecule has 0 unspecified atom stereocenters. The van der Waals surface area contributed by atoms with Crippen LogP contribution in [0.3, 0.4) is 0 Å². The number of aromatic nitrogens is 1. The maximum absolute atomic E-state index is 12.4. The van der Waals surface area contributed by atoms with E-state index in [2.05, 4.69) is 4.74 Å². The Labute approximate surface area is 115 Å². The molecule has 1 aromatic heterocycles. The van der Waals surface area contributed by atoms with Gasteiger partial charge in [-0.3, -0.25) is 0 Å². The van der Waals surface area contributed by atoms with Crippen molar-refractivity contribution in [3.8, 4) is 5.75 Å². The highest BCUT2D eigenvalue weighted by Crippen LogP contribution is 2.23. The zero-order valence-electron chi connectivity index (χ0n) is 10.7. The molecular formula is C16H13F2NO. The van der Waals surface area contributed by atoms with Gasteiger partial charge < -0.3 is 9.30 Å². The summed E-state index contributed by atoms with van der Waals surface area (Å²) in [6.07, 6.45) is 1.95. The number of fused-ring (bicyclic) bond motifs is 1. The largest absolute Gasteiger partial charge is 0.434 e.